The summed E-state index contributed by atoms with van der Waals surface area (Å²) in [4.78, 5) is 0. The summed E-state index contributed by atoms with van der Waals surface area (Å²) >= 11 is 0. The Kier molecular flexibility index (Phi) is 4.65. The van der Waals surface area contributed by atoms with Crippen molar-refractivity contribution < 1.29 is 9.84 Å². The lowest BCUT2D eigenvalue weighted by atomic mass is 10.2. The Morgan fingerprint density at radius 2 is 2.00 bits per heavy atom. The Morgan fingerprint density at radius 1 is 1.45 bits per heavy atom. The fourth-order valence-corrected chi connectivity index (χ4v) is 0.535. The SMILES string of the molecule is CC(O)CNCOC(C)(C)C. The number of nitrogens with one attached hydrogen (secondary N) is 1. The number of aliphatic hydroxyl groups excluding tert-OH is 1. The van der Waals surface area contributed by atoms with Crippen LogP contribution >= 0.6 is 0 Å². The fourth-order valence-electron chi connectivity index (χ4n) is 0.535. The maximum atomic E-state index is 8.86. The minimum absolute atomic E-state index is 0.105. The molecule has 0 aromatic rings. The topological polar surface area (TPSA) is 41.5 Å². The zero-order valence-corrected chi connectivity index (χ0v) is 7.85. The van der Waals surface area contributed by atoms with Gasteiger partial charge in [0.15, 0.2) is 0 Å². The van der Waals surface area contributed by atoms with Crippen molar-refractivity contribution in [3.8, 4) is 0 Å². The Balaban J connectivity index is 3.15. The molecule has 0 aromatic heterocycles. The minimum Gasteiger partial charge on any atom is -0.392 e. The summed E-state index contributed by atoms with van der Waals surface area (Å²) in [7, 11) is 0. The quantitative estimate of drug-likeness (QED) is 0.472. The molecule has 11 heavy (non-hydrogen) atoms. The van der Waals surface area contributed by atoms with Gasteiger partial charge in [-0.2, -0.15) is 0 Å². The molecule has 0 aromatic carbocycles. The van der Waals surface area contributed by atoms with Gasteiger partial charge in [0.1, 0.15) is 0 Å². The largest absolute Gasteiger partial charge is 0.392 e. The molecular weight excluding hydrogens is 142 g/mol. The maximum absolute atomic E-state index is 8.86. The highest BCUT2D eigenvalue weighted by Gasteiger charge is 2.08. The van der Waals surface area contributed by atoms with Crippen LogP contribution in [-0.4, -0.2) is 30.1 Å². The molecule has 68 valence electrons. The van der Waals surface area contributed by atoms with Gasteiger partial charge in [0.25, 0.3) is 0 Å². The summed E-state index contributed by atoms with van der Waals surface area (Å²) in [5.74, 6) is 0. The lowest BCUT2D eigenvalue weighted by Gasteiger charge is -2.20. The molecule has 0 aliphatic heterocycles. The molecule has 1 atom stereocenters. The van der Waals surface area contributed by atoms with Gasteiger partial charge in [0.05, 0.1) is 18.4 Å². The summed E-state index contributed by atoms with van der Waals surface area (Å²) in [5, 5.41) is 11.8. The zero-order chi connectivity index (χ0) is 8.91. The van der Waals surface area contributed by atoms with Gasteiger partial charge in [0.2, 0.25) is 0 Å². The van der Waals surface area contributed by atoms with E-state index < -0.39 is 0 Å². The van der Waals surface area contributed by atoms with E-state index in [2.05, 4.69) is 5.32 Å². The zero-order valence-electron chi connectivity index (χ0n) is 7.85. The number of aliphatic hydroxyl groups is 1. The van der Waals surface area contributed by atoms with Crippen molar-refractivity contribution in [3.05, 3.63) is 0 Å². The standard InChI is InChI=1S/C8H19NO2/c1-7(10)5-9-6-11-8(2,3)4/h7,9-10H,5-6H2,1-4H3. The van der Waals surface area contributed by atoms with Crippen LogP contribution in [0.25, 0.3) is 0 Å². The van der Waals surface area contributed by atoms with Crippen LogP contribution in [0.4, 0.5) is 0 Å². The number of hydrogen-bond donors (Lipinski definition) is 2. The first-order valence-corrected chi connectivity index (χ1v) is 3.94. The van der Waals surface area contributed by atoms with Crippen molar-refractivity contribution in [2.24, 2.45) is 0 Å². The molecule has 2 N–H and O–H groups in total. The van der Waals surface area contributed by atoms with E-state index in [1.165, 1.54) is 0 Å². The predicted octanol–water partition coefficient (Wildman–Crippen LogP) is 0.729. The molecule has 0 rings (SSSR count). The Labute approximate surface area is 68.8 Å². The molecule has 3 heteroatoms. The number of hydrogen-bond acceptors (Lipinski definition) is 3. The summed E-state index contributed by atoms with van der Waals surface area (Å²) in [6.07, 6.45) is -0.307. The van der Waals surface area contributed by atoms with Crippen molar-refractivity contribution in [3.63, 3.8) is 0 Å². The summed E-state index contributed by atoms with van der Waals surface area (Å²) < 4.78 is 5.36. The Morgan fingerprint density at radius 3 is 2.36 bits per heavy atom. The smallest absolute Gasteiger partial charge is 0.0973 e. The molecule has 0 fully saturated rings. The normalized spacial score (nSPS) is 15.0. The fraction of sp³-hybridized carbons (Fsp3) is 1.00. The third-order valence-electron chi connectivity index (χ3n) is 1.05. The van der Waals surface area contributed by atoms with Gasteiger partial charge in [-0.1, -0.05) is 0 Å². The Hall–Kier alpha value is -0.120. The second-order valence-corrected chi connectivity index (χ2v) is 3.70. The van der Waals surface area contributed by atoms with Crippen LogP contribution in [0.15, 0.2) is 0 Å². The summed E-state index contributed by atoms with van der Waals surface area (Å²) in [6.45, 7) is 8.81. The van der Waals surface area contributed by atoms with Crippen molar-refractivity contribution in [2.45, 2.75) is 39.4 Å². The van der Waals surface area contributed by atoms with E-state index in [0.717, 1.165) is 0 Å². The van der Waals surface area contributed by atoms with E-state index in [9.17, 15) is 0 Å². The highest BCUT2D eigenvalue weighted by Crippen LogP contribution is 2.04. The highest BCUT2D eigenvalue weighted by molar-refractivity contribution is 4.58. The number of rotatable bonds is 4. The Bertz CT molecular complexity index is 96.8. The van der Waals surface area contributed by atoms with E-state index in [4.69, 9.17) is 9.84 Å². The van der Waals surface area contributed by atoms with Crippen molar-refractivity contribution in [1.29, 1.82) is 0 Å². The van der Waals surface area contributed by atoms with Crippen LogP contribution in [0.2, 0.25) is 0 Å². The molecule has 0 radical (unpaired) electrons. The van der Waals surface area contributed by atoms with Crippen LogP contribution in [-0.2, 0) is 4.74 Å². The first-order valence-electron chi connectivity index (χ1n) is 3.94. The van der Waals surface area contributed by atoms with Crippen molar-refractivity contribution in [2.75, 3.05) is 13.3 Å². The lowest BCUT2D eigenvalue weighted by Crippen LogP contribution is -2.31. The molecule has 0 bridgehead atoms. The van der Waals surface area contributed by atoms with E-state index >= 15 is 0 Å². The minimum atomic E-state index is -0.307. The molecule has 0 heterocycles. The van der Waals surface area contributed by atoms with E-state index in [0.29, 0.717) is 13.3 Å². The third-order valence-corrected chi connectivity index (χ3v) is 1.05. The molecule has 0 saturated heterocycles. The molecule has 0 saturated carbocycles. The van der Waals surface area contributed by atoms with Gasteiger partial charge in [-0.15, -0.1) is 0 Å². The lowest BCUT2D eigenvalue weighted by molar-refractivity contribution is -0.0164. The molecule has 0 amide bonds. The van der Waals surface area contributed by atoms with Crippen LogP contribution in [0.5, 0.6) is 0 Å². The van der Waals surface area contributed by atoms with Crippen LogP contribution in [0, 0.1) is 0 Å². The molecule has 1 unspecified atom stereocenters. The summed E-state index contributed by atoms with van der Waals surface area (Å²) in [6, 6.07) is 0. The van der Waals surface area contributed by atoms with E-state index in [1.807, 2.05) is 20.8 Å². The average Bonchev–Trinajstić information content (AvgIpc) is 1.78. The van der Waals surface area contributed by atoms with Crippen LogP contribution < -0.4 is 5.32 Å². The van der Waals surface area contributed by atoms with E-state index in [-0.39, 0.29) is 11.7 Å². The van der Waals surface area contributed by atoms with Crippen LogP contribution in [0.3, 0.4) is 0 Å². The van der Waals surface area contributed by atoms with E-state index in [1.54, 1.807) is 6.92 Å². The van der Waals surface area contributed by atoms with Crippen LogP contribution in [0.1, 0.15) is 27.7 Å². The molecule has 3 nitrogen and oxygen atoms in total. The first kappa shape index (κ1) is 10.9. The van der Waals surface area contributed by atoms with Gasteiger partial charge in [0, 0.05) is 6.54 Å². The predicted molar refractivity (Wildman–Crippen MR) is 45.4 cm³/mol. The molecule has 0 aliphatic rings. The molecule has 0 aliphatic carbocycles. The summed E-state index contributed by atoms with van der Waals surface area (Å²) in [5.41, 5.74) is -0.105. The monoisotopic (exact) mass is 161 g/mol. The van der Waals surface area contributed by atoms with Crippen molar-refractivity contribution >= 4 is 0 Å². The highest BCUT2D eigenvalue weighted by atomic mass is 16.5. The van der Waals surface area contributed by atoms with Gasteiger partial charge >= 0.3 is 0 Å². The second kappa shape index (κ2) is 4.70. The second-order valence-electron chi connectivity index (χ2n) is 3.70. The van der Waals surface area contributed by atoms with Gasteiger partial charge < -0.3 is 9.84 Å². The molecular formula is C8H19NO2. The third kappa shape index (κ3) is 9.88. The maximum Gasteiger partial charge on any atom is 0.0973 e. The van der Waals surface area contributed by atoms with Gasteiger partial charge in [-0.05, 0) is 27.7 Å². The molecule has 0 spiro atoms. The van der Waals surface area contributed by atoms with Gasteiger partial charge in [-0.25, -0.2) is 0 Å². The van der Waals surface area contributed by atoms with Gasteiger partial charge in [-0.3, -0.25) is 5.32 Å². The van der Waals surface area contributed by atoms with Crippen molar-refractivity contribution in [1.82, 2.24) is 5.32 Å². The first-order chi connectivity index (χ1) is 4.92. The average molecular weight is 161 g/mol. The number of ether oxygens (including phenoxy) is 1.